The van der Waals surface area contributed by atoms with E-state index in [9.17, 15) is 4.79 Å². The van der Waals surface area contributed by atoms with Crippen LogP contribution in [0.1, 0.15) is 30.4 Å². The van der Waals surface area contributed by atoms with Gasteiger partial charge in [-0.1, -0.05) is 24.8 Å². The zero-order chi connectivity index (χ0) is 15.7. The summed E-state index contributed by atoms with van der Waals surface area (Å²) in [6.07, 6.45) is 5.55. The number of quaternary nitrogens is 1. The molecule has 0 aliphatic carbocycles. The fourth-order valence-corrected chi connectivity index (χ4v) is 4.36. The molecule has 3 aliphatic rings. The molecule has 23 heavy (non-hydrogen) atoms. The molecule has 1 aromatic carbocycles. The quantitative estimate of drug-likeness (QED) is 0.597. The van der Waals surface area contributed by atoms with Crippen molar-refractivity contribution < 1.29 is 26.3 Å². The van der Waals surface area contributed by atoms with E-state index in [1.54, 1.807) is 0 Å². The smallest absolute Gasteiger partial charge is 0.282 e. The summed E-state index contributed by atoms with van der Waals surface area (Å²) in [5.74, 6) is 0.933. The van der Waals surface area contributed by atoms with Crippen LogP contribution in [0.3, 0.4) is 0 Å². The summed E-state index contributed by atoms with van der Waals surface area (Å²) < 4.78 is 0.913. The molecular formula is C19H27BrN2O. The van der Waals surface area contributed by atoms with Crippen LogP contribution in [0, 0.1) is 19.8 Å². The van der Waals surface area contributed by atoms with Gasteiger partial charge in [-0.15, -0.1) is 0 Å². The van der Waals surface area contributed by atoms with E-state index in [-0.39, 0.29) is 28.9 Å². The van der Waals surface area contributed by atoms with E-state index in [4.69, 9.17) is 0 Å². The van der Waals surface area contributed by atoms with Crippen LogP contribution >= 0.6 is 0 Å². The van der Waals surface area contributed by atoms with Crippen LogP contribution in [0.2, 0.25) is 0 Å². The fraction of sp³-hybridized carbons (Fsp3) is 0.526. The number of carbonyl (C=O) groups is 1. The first-order valence-electron chi connectivity index (χ1n) is 8.39. The number of hydrogen-bond donors (Lipinski definition) is 1. The van der Waals surface area contributed by atoms with E-state index < -0.39 is 0 Å². The zero-order valence-corrected chi connectivity index (χ0v) is 15.7. The Balaban J connectivity index is 0.00000192. The highest BCUT2D eigenvalue weighted by molar-refractivity contribution is 5.95. The van der Waals surface area contributed by atoms with Crippen molar-refractivity contribution in [1.82, 2.24) is 0 Å². The molecule has 0 aromatic heterocycles. The first-order chi connectivity index (χ1) is 10.6. The largest absolute Gasteiger partial charge is 1.00 e. The SMILES string of the molecule is C=CC[N+]12CCC(CC1)CC2C(=O)Nc1c(C)cccc1C.[Br-]. The molecule has 1 unspecified atom stereocenters. The van der Waals surface area contributed by atoms with Gasteiger partial charge in [0.05, 0.1) is 19.6 Å². The first kappa shape index (κ1) is 18.2. The van der Waals surface area contributed by atoms with Gasteiger partial charge in [0.25, 0.3) is 5.91 Å². The Morgan fingerprint density at radius 3 is 2.48 bits per heavy atom. The van der Waals surface area contributed by atoms with Crippen molar-refractivity contribution in [3.8, 4) is 0 Å². The lowest BCUT2D eigenvalue weighted by Crippen LogP contribution is -3.00. The summed E-state index contributed by atoms with van der Waals surface area (Å²) in [6.45, 7) is 11.2. The Hall–Kier alpha value is -1.13. The molecule has 2 bridgehead atoms. The maximum absolute atomic E-state index is 13.0. The minimum absolute atomic E-state index is 0. The van der Waals surface area contributed by atoms with Crippen LogP contribution in [0.25, 0.3) is 0 Å². The number of halogens is 1. The van der Waals surface area contributed by atoms with Gasteiger partial charge in [-0.05, 0) is 49.8 Å². The standard InChI is InChI=1S/C19H26N2O.BrH/c1-4-10-21-11-8-16(9-12-21)13-17(21)19(22)20-18-14(2)6-5-7-15(18)3;/h4-7,16-17H,1,8-13H2,2-3H3;1H. The van der Waals surface area contributed by atoms with E-state index >= 15 is 0 Å². The minimum Gasteiger partial charge on any atom is -1.00 e. The Kier molecular flexibility index (Phi) is 5.69. The second-order valence-electron chi connectivity index (χ2n) is 7.09. The first-order valence-corrected chi connectivity index (χ1v) is 8.39. The third kappa shape index (κ3) is 3.38. The highest BCUT2D eigenvalue weighted by Gasteiger charge is 2.50. The Morgan fingerprint density at radius 2 is 1.91 bits per heavy atom. The van der Waals surface area contributed by atoms with Crippen molar-refractivity contribution in [3.63, 3.8) is 0 Å². The van der Waals surface area contributed by atoms with Crippen molar-refractivity contribution in [3.05, 3.63) is 42.0 Å². The average Bonchev–Trinajstić information content (AvgIpc) is 2.52. The second kappa shape index (κ2) is 7.18. The second-order valence-corrected chi connectivity index (χ2v) is 7.09. The number of amides is 1. The number of nitrogens with zero attached hydrogens (tertiary/aromatic N) is 1. The molecule has 3 nitrogen and oxygen atoms in total. The number of aryl methyl sites for hydroxylation is 2. The van der Waals surface area contributed by atoms with Gasteiger partial charge in [-0.25, -0.2) is 0 Å². The summed E-state index contributed by atoms with van der Waals surface area (Å²) in [5.41, 5.74) is 3.27. The number of benzene rings is 1. The van der Waals surface area contributed by atoms with Crippen molar-refractivity contribution in [2.45, 2.75) is 39.2 Å². The molecule has 1 atom stereocenters. The molecule has 3 aliphatic heterocycles. The lowest BCUT2D eigenvalue weighted by molar-refractivity contribution is -0.952. The van der Waals surface area contributed by atoms with E-state index in [1.807, 2.05) is 12.1 Å². The summed E-state index contributed by atoms with van der Waals surface area (Å²) in [7, 11) is 0. The Bertz CT molecular complexity index is 571. The normalized spacial score (nSPS) is 28.8. The highest BCUT2D eigenvalue weighted by atomic mass is 79.9. The van der Waals surface area contributed by atoms with Crippen molar-refractivity contribution in [2.24, 2.45) is 5.92 Å². The number of nitrogens with one attached hydrogen (secondary N) is 1. The minimum atomic E-state index is 0. The predicted molar refractivity (Wildman–Crippen MR) is 90.7 cm³/mol. The van der Waals surface area contributed by atoms with Gasteiger partial charge in [-0.3, -0.25) is 4.79 Å². The number of para-hydroxylation sites is 1. The average molecular weight is 379 g/mol. The number of hydrogen-bond acceptors (Lipinski definition) is 1. The molecule has 1 N–H and O–H groups in total. The van der Waals surface area contributed by atoms with Crippen molar-refractivity contribution >= 4 is 11.6 Å². The third-order valence-corrected chi connectivity index (χ3v) is 5.71. The summed E-state index contributed by atoms with van der Waals surface area (Å²) in [6, 6.07) is 6.25. The van der Waals surface area contributed by atoms with Crippen LogP contribution in [0.4, 0.5) is 5.69 Å². The maximum Gasteiger partial charge on any atom is 0.282 e. The molecule has 126 valence electrons. The van der Waals surface area contributed by atoms with Gasteiger partial charge in [-0.2, -0.15) is 0 Å². The number of fused-ring (bicyclic) bond motifs is 3. The summed E-state index contributed by atoms with van der Waals surface area (Å²) in [4.78, 5) is 13.0. The van der Waals surface area contributed by atoms with Crippen LogP contribution < -0.4 is 22.3 Å². The third-order valence-electron chi connectivity index (χ3n) is 5.71. The Labute approximate surface area is 150 Å². The fourth-order valence-electron chi connectivity index (χ4n) is 4.36. The number of piperidine rings is 3. The Morgan fingerprint density at radius 1 is 1.30 bits per heavy atom. The number of anilines is 1. The molecule has 0 radical (unpaired) electrons. The summed E-state index contributed by atoms with van der Waals surface area (Å²) in [5, 5.41) is 3.23. The van der Waals surface area contributed by atoms with Gasteiger partial charge in [0, 0.05) is 12.1 Å². The lowest BCUT2D eigenvalue weighted by atomic mass is 9.80. The molecule has 4 rings (SSSR count). The van der Waals surface area contributed by atoms with Gasteiger partial charge in [0.1, 0.15) is 0 Å². The molecule has 4 heteroatoms. The van der Waals surface area contributed by atoms with E-state index in [0.29, 0.717) is 0 Å². The summed E-state index contributed by atoms with van der Waals surface area (Å²) >= 11 is 0. The molecular weight excluding hydrogens is 352 g/mol. The van der Waals surface area contributed by atoms with Crippen LogP contribution in [-0.4, -0.2) is 36.1 Å². The van der Waals surface area contributed by atoms with Crippen LogP contribution in [0.15, 0.2) is 30.9 Å². The van der Waals surface area contributed by atoms with E-state index in [1.165, 1.54) is 12.8 Å². The van der Waals surface area contributed by atoms with E-state index in [2.05, 4.69) is 37.9 Å². The maximum atomic E-state index is 13.0. The predicted octanol–water partition coefficient (Wildman–Crippen LogP) is 0.431. The van der Waals surface area contributed by atoms with Crippen molar-refractivity contribution in [2.75, 3.05) is 25.0 Å². The molecule has 0 spiro atoms. The van der Waals surface area contributed by atoms with Crippen molar-refractivity contribution in [1.29, 1.82) is 0 Å². The number of carbonyl (C=O) groups excluding carboxylic acids is 1. The topological polar surface area (TPSA) is 29.1 Å². The van der Waals surface area contributed by atoms with Gasteiger partial charge >= 0.3 is 0 Å². The van der Waals surface area contributed by atoms with Gasteiger partial charge < -0.3 is 26.8 Å². The zero-order valence-electron chi connectivity index (χ0n) is 14.1. The molecule has 3 heterocycles. The molecule has 0 saturated carbocycles. The molecule has 3 fully saturated rings. The van der Waals surface area contributed by atoms with Gasteiger partial charge in [0.15, 0.2) is 6.04 Å². The highest BCUT2D eigenvalue weighted by Crippen LogP contribution is 2.39. The lowest BCUT2D eigenvalue weighted by Gasteiger charge is -2.53. The molecule has 1 amide bonds. The van der Waals surface area contributed by atoms with Crippen LogP contribution in [0.5, 0.6) is 0 Å². The van der Waals surface area contributed by atoms with Crippen LogP contribution in [-0.2, 0) is 4.79 Å². The van der Waals surface area contributed by atoms with Gasteiger partial charge in [0.2, 0.25) is 0 Å². The molecule has 1 aromatic rings. The monoisotopic (exact) mass is 378 g/mol. The number of rotatable bonds is 4. The van der Waals surface area contributed by atoms with E-state index in [0.717, 1.165) is 53.3 Å². The molecule has 3 saturated heterocycles.